The predicted octanol–water partition coefficient (Wildman–Crippen LogP) is 4.05. The van der Waals surface area contributed by atoms with Crippen LogP contribution in [0, 0.1) is 5.39 Å². The molecule has 0 saturated heterocycles. The molecule has 4 nitrogen and oxygen atoms in total. The highest BCUT2D eigenvalue weighted by atomic mass is 35.5. The largest absolute Gasteiger partial charge is 0.387 e. The number of nitrogens with zero attached hydrogens (tertiary/aromatic N) is 3. The van der Waals surface area contributed by atoms with Crippen LogP contribution in [-0.2, 0) is 11.2 Å². The first-order valence-electron chi connectivity index (χ1n) is 5.75. The van der Waals surface area contributed by atoms with E-state index in [2.05, 4.69) is 4.98 Å². The molecule has 19 heavy (non-hydrogen) atoms. The van der Waals surface area contributed by atoms with Crippen molar-refractivity contribution in [1.82, 2.24) is 0 Å². The minimum atomic E-state index is -0.0210. The van der Waals surface area contributed by atoms with E-state index in [9.17, 15) is 4.79 Å². The average Bonchev–Trinajstić information content (AvgIpc) is 2.74. The Hall–Kier alpha value is -2.38. The highest BCUT2D eigenvalue weighted by Gasteiger charge is 2.29. The quantitative estimate of drug-likeness (QED) is 0.734. The van der Waals surface area contributed by atoms with Gasteiger partial charge in [-0.25, -0.2) is 0 Å². The lowest BCUT2D eigenvalue weighted by Crippen LogP contribution is -2.20. The molecule has 3 rings (SSSR count). The van der Waals surface area contributed by atoms with Crippen LogP contribution >= 0.6 is 11.6 Å². The molecule has 2 aromatic rings. The van der Waals surface area contributed by atoms with Gasteiger partial charge in [0, 0.05) is 11.1 Å². The number of benzene rings is 2. The normalized spacial score (nSPS) is 13.3. The SMILES string of the molecule is N#[N+]c1cccc(N2C(=O)Cc3ccc(Cl)cc32)c1. The van der Waals surface area contributed by atoms with Gasteiger partial charge in [0.05, 0.1) is 23.9 Å². The molecule has 1 aliphatic heterocycles. The zero-order valence-corrected chi connectivity index (χ0v) is 10.6. The summed E-state index contributed by atoms with van der Waals surface area (Å²) in [5.74, 6) is -0.0210. The van der Waals surface area contributed by atoms with Crippen LogP contribution in [0.5, 0.6) is 0 Å². The summed E-state index contributed by atoms with van der Waals surface area (Å²) >= 11 is 5.99. The number of rotatable bonds is 1. The van der Waals surface area contributed by atoms with Crippen LogP contribution in [-0.4, -0.2) is 5.91 Å². The van der Waals surface area contributed by atoms with Crippen LogP contribution in [0.3, 0.4) is 0 Å². The number of diazo groups is 1. The molecule has 0 radical (unpaired) electrons. The number of fused-ring (bicyclic) bond motifs is 1. The van der Waals surface area contributed by atoms with E-state index in [0.29, 0.717) is 22.8 Å². The lowest BCUT2D eigenvalue weighted by atomic mass is 10.2. The van der Waals surface area contributed by atoms with Crippen LogP contribution < -0.4 is 4.90 Å². The first kappa shape index (κ1) is 11.7. The van der Waals surface area contributed by atoms with Crippen molar-refractivity contribution in [2.75, 3.05) is 4.90 Å². The summed E-state index contributed by atoms with van der Waals surface area (Å²) in [6.45, 7) is 0. The Morgan fingerprint density at radius 3 is 2.84 bits per heavy atom. The zero-order valence-electron chi connectivity index (χ0n) is 9.88. The van der Waals surface area contributed by atoms with E-state index in [0.717, 1.165) is 11.3 Å². The molecule has 2 aromatic carbocycles. The Labute approximate surface area is 114 Å². The fourth-order valence-corrected chi connectivity index (χ4v) is 2.41. The second-order valence-corrected chi connectivity index (χ2v) is 4.74. The lowest BCUT2D eigenvalue weighted by molar-refractivity contribution is -0.116. The van der Waals surface area contributed by atoms with Gasteiger partial charge in [-0.2, -0.15) is 0 Å². The molecule has 1 heterocycles. The van der Waals surface area contributed by atoms with E-state index >= 15 is 0 Å². The summed E-state index contributed by atoms with van der Waals surface area (Å²) < 4.78 is 0. The monoisotopic (exact) mass is 270 g/mol. The van der Waals surface area contributed by atoms with E-state index in [4.69, 9.17) is 17.0 Å². The molecule has 0 bridgehead atoms. The molecule has 0 aliphatic carbocycles. The summed E-state index contributed by atoms with van der Waals surface area (Å²) in [6.07, 6.45) is 0.354. The molecule has 0 fully saturated rings. The topological polar surface area (TPSA) is 48.5 Å². The third-order valence-electron chi connectivity index (χ3n) is 3.08. The van der Waals surface area contributed by atoms with Crippen LogP contribution in [0.2, 0.25) is 5.02 Å². The maximum Gasteiger partial charge on any atom is 0.387 e. The molecule has 0 saturated carbocycles. The molecular weight excluding hydrogens is 262 g/mol. The van der Waals surface area contributed by atoms with Gasteiger partial charge in [0.15, 0.2) is 4.98 Å². The molecule has 1 aliphatic rings. The van der Waals surface area contributed by atoms with E-state index in [-0.39, 0.29) is 5.91 Å². The molecule has 92 valence electrons. The second-order valence-electron chi connectivity index (χ2n) is 4.30. The maximum atomic E-state index is 12.1. The van der Waals surface area contributed by atoms with Crippen molar-refractivity contribution in [2.45, 2.75) is 6.42 Å². The predicted molar refractivity (Wildman–Crippen MR) is 73.5 cm³/mol. The molecule has 0 unspecified atom stereocenters. The summed E-state index contributed by atoms with van der Waals surface area (Å²) in [6, 6.07) is 12.2. The fourth-order valence-electron chi connectivity index (χ4n) is 2.25. The maximum absolute atomic E-state index is 12.1. The molecular formula is C14H9ClN3O+. The third kappa shape index (κ3) is 1.94. The summed E-state index contributed by atoms with van der Waals surface area (Å²) in [7, 11) is 0. The molecule has 0 N–H and O–H groups in total. The molecule has 0 aromatic heterocycles. The van der Waals surface area contributed by atoms with Crippen LogP contribution in [0.1, 0.15) is 5.56 Å². The van der Waals surface area contributed by atoms with Crippen molar-refractivity contribution < 1.29 is 4.79 Å². The number of hydrogen-bond acceptors (Lipinski definition) is 2. The molecule has 1 amide bonds. The number of carbonyl (C=O) groups is 1. The van der Waals surface area contributed by atoms with Gasteiger partial charge in [-0.15, -0.1) is 0 Å². The van der Waals surface area contributed by atoms with Gasteiger partial charge in [0.2, 0.25) is 11.3 Å². The molecule has 0 spiro atoms. The summed E-state index contributed by atoms with van der Waals surface area (Å²) in [4.78, 5) is 16.9. The van der Waals surface area contributed by atoms with Gasteiger partial charge in [0.25, 0.3) is 0 Å². The number of halogens is 1. The Kier molecular flexibility index (Phi) is 2.69. The van der Waals surface area contributed by atoms with Crippen molar-refractivity contribution in [3.05, 3.63) is 58.0 Å². The van der Waals surface area contributed by atoms with E-state index < -0.39 is 0 Å². The Bertz CT molecular complexity index is 721. The third-order valence-corrected chi connectivity index (χ3v) is 3.32. The van der Waals surface area contributed by atoms with Crippen molar-refractivity contribution in [1.29, 1.82) is 5.39 Å². The van der Waals surface area contributed by atoms with Crippen molar-refractivity contribution in [3.8, 4) is 0 Å². The Morgan fingerprint density at radius 2 is 2.05 bits per heavy atom. The average molecular weight is 271 g/mol. The Balaban J connectivity index is 2.13. The number of carbonyl (C=O) groups excluding carboxylic acids is 1. The Morgan fingerprint density at radius 1 is 1.21 bits per heavy atom. The first-order chi connectivity index (χ1) is 9.19. The number of hydrogen-bond donors (Lipinski definition) is 0. The van der Waals surface area contributed by atoms with Gasteiger partial charge in [0.1, 0.15) is 0 Å². The van der Waals surface area contributed by atoms with Gasteiger partial charge in [-0.1, -0.05) is 23.7 Å². The smallest absolute Gasteiger partial charge is 0.280 e. The molecule has 5 heteroatoms. The standard InChI is InChI=1S/C14H9ClN3O/c15-10-5-4-9-6-14(19)18(13(9)7-10)12-3-1-2-11(8-12)17-16/h1-5,7-8H,6H2/q+1. The van der Waals surface area contributed by atoms with Crippen molar-refractivity contribution >= 4 is 34.6 Å². The van der Waals surface area contributed by atoms with Gasteiger partial charge in [-0.05, 0) is 23.8 Å². The first-order valence-corrected chi connectivity index (χ1v) is 6.13. The highest BCUT2D eigenvalue weighted by molar-refractivity contribution is 6.31. The van der Waals surface area contributed by atoms with Gasteiger partial charge in [-0.3, -0.25) is 9.69 Å². The number of amides is 1. The second kappa shape index (κ2) is 4.38. The van der Waals surface area contributed by atoms with Gasteiger partial charge >= 0.3 is 5.69 Å². The number of anilines is 2. The van der Waals surface area contributed by atoms with Crippen molar-refractivity contribution in [3.63, 3.8) is 0 Å². The fraction of sp³-hybridized carbons (Fsp3) is 0.0714. The highest BCUT2D eigenvalue weighted by Crippen LogP contribution is 2.38. The van der Waals surface area contributed by atoms with E-state index in [1.807, 2.05) is 6.07 Å². The minimum Gasteiger partial charge on any atom is -0.280 e. The zero-order chi connectivity index (χ0) is 13.4. The molecule has 0 atom stereocenters. The van der Waals surface area contributed by atoms with E-state index in [1.54, 1.807) is 41.3 Å². The minimum absolute atomic E-state index is 0.0210. The van der Waals surface area contributed by atoms with E-state index in [1.165, 1.54) is 0 Å². The van der Waals surface area contributed by atoms with Gasteiger partial charge < -0.3 is 0 Å². The van der Waals surface area contributed by atoms with Crippen LogP contribution in [0.4, 0.5) is 17.1 Å². The summed E-state index contributed by atoms with van der Waals surface area (Å²) in [5.41, 5.74) is 2.80. The van der Waals surface area contributed by atoms with Crippen LogP contribution in [0.15, 0.2) is 42.5 Å². The van der Waals surface area contributed by atoms with Crippen LogP contribution in [0.25, 0.3) is 4.98 Å². The summed E-state index contributed by atoms with van der Waals surface area (Å²) in [5, 5.41) is 9.40. The van der Waals surface area contributed by atoms with Crippen molar-refractivity contribution in [2.24, 2.45) is 0 Å². The lowest BCUT2D eigenvalue weighted by Gasteiger charge is -2.16.